The van der Waals surface area contributed by atoms with Crippen molar-refractivity contribution in [2.75, 3.05) is 13.1 Å². The lowest BCUT2D eigenvalue weighted by Crippen LogP contribution is -2.47. The molecule has 2 aromatic carbocycles. The number of carbonyl (C=O) groups is 2. The number of H-pyrrole nitrogens is 1. The number of rotatable bonds is 5. The van der Waals surface area contributed by atoms with E-state index in [4.69, 9.17) is 0 Å². The minimum Gasteiger partial charge on any atom is -0.353 e. The van der Waals surface area contributed by atoms with Gasteiger partial charge in [0.05, 0.1) is 12.1 Å². The molecular formula is C23H23FN4O2. The fourth-order valence-electron chi connectivity index (χ4n) is 3.65. The summed E-state index contributed by atoms with van der Waals surface area (Å²) < 4.78 is 13.0. The molecule has 2 amide bonds. The summed E-state index contributed by atoms with van der Waals surface area (Å²) in [5.74, 6) is -0.488. The molecule has 0 spiro atoms. The molecule has 0 atom stereocenters. The van der Waals surface area contributed by atoms with E-state index in [1.165, 1.54) is 12.1 Å². The highest BCUT2D eigenvalue weighted by Crippen LogP contribution is 2.19. The van der Waals surface area contributed by atoms with Gasteiger partial charge in [0.1, 0.15) is 11.5 Å². The maximum atomic E-state index is 13.0. The van der Waals surface area contributed by atoms with Crippen molar-refractivity contribution in [2.45, 2.75) is 25.3 Å². The van der Waals surface area contributed by atoms with Gasteiger partial charge in [-0.25, -0.2) is 4.39 Å². The molecule has 0 unspecified atom stereocenters. The molecule has 0 saturated carbocycles. The molecule has 3 aromatic rings. The fraction of sp³-hybridized carbons (Fsp3) is 0.261. The van der Waals surface area contributed by atoms with Crippen LogP contribution in [0.2, 0.25) is 0 Å². The molecule has 1 aliphatic heterocycles. The predicted octanol–water partition coefficient (Wildman–Crippen LogP) is 3.18. The molecule has 1 saturated heterocycles. The van der Waals surface area contributed by atoms with E-state index in [-0.39, 0.29) is 30.1 Å². The topological polar surface area (TPSA) is 78.1 Å². The van der Waals surface area contributed by atoms with Gasteiger partial charge in [-0.05, 0) is 36.6 Å². The highest BCUT2D eigenvalue weighted by atomic mass is 19.1. The summed E-state index contributed by atoms with van der Waals surface area (Å²) >= 11 is 0. The summed E-state index contributed by atoms with van der Waals surface area (Å²) in [6, 6.07) is 17.4. The first-order valence-electron chi connectivity index (χ1n) is 10.0. The van der Waals surface area contributed by atoms with Gasteiger partial charge in [0, 0.05) is 24.7 Å². The largest absolute Gasteiger partial charge is 0.353 e. The molecule has 1 fully saturated rings. The van der Waals surface area contributed by atoms with Crippen molar-refractivity contribution in [1.29, 1.82) is 0 Å². The van der Waals surface area contributed by atoms with Crippen LogP contribution in [-0.2, 0) is 11.2 Å². The number of nitrogens with zero attached hydrogens (tertiary/aromatic N) is 2. The standard InChI is InChI=1S/C23H23FN4O2/c24-18-8-6-16(7-9-18)14-22(29)25-19-10-12-28(13-11-19)23(30)21-15-20(26-27-21)17-4-2-1-3-5-17/h1-9,15,19H,10-14H2,(H,25,29)(H,26,27). The van der Waals surface area contributed by atoms with Crippen LogP contribution in [0, 0.1) is 5.82 Å². The molecule has 4 rings (SSSR count). The number of nitrogens with one attached hydrogen (secondary N) is 2. The molecule has 7 heteroatoms. The average Bonchev–Trinajstić information content (AvgIpc) is 3.26. The van der Waals surface area contributed by atoms with Crippen LogP contribution >= 0.6 is 0 Å². The maximum absolute atomic E-state index is 13.0. The van der Waals surface area contributed by atoms with Gasteiger partial charge in [0.2, 0.25) is 5.91 Å². The van der Waals surface area contributed by atoms with Gasteiger partial charge in [-0.1, -0.05) is 42.5 Å². The highest BCUT2D eigenvalue weighted by Gasteiger charge is 2.25. The van der Waals surface area contributed by atoms with Gasteiger partial charge in [0.25, 0.3) is 5.91 Å². The summed E-state index contributed by atoms with van der Waals surface area (Å²) in [6.45, 7) is 1.14. The predicted molar refractivity (Wildman–Crippen MR) is 111 cm³/mol. The van der Waals surface area contributed by atoms with Gasteiger partial charge in [-0.15, -0.1) is 0 Å². The van der Waals surface area contributed by atoms with Crippen LogP contribution < -0.4 is 5.32 Å². The number of carbonyl (C=O) groups excluding carboxylic acids is 2. The van der Waals surface area contributed by atoms with Crippen molar-refractivity contribution in [3.63, 3.8) is 0 Å². The summed E-state index contributed by atoms with van der Waals surface area (Å²) in [6.07, 6.45) is 1.61. The SMILES string of the molecule is O=C(Cc1ccc(F)cc1)NC1CCN(C(=O)c2cc(-c3ccccc3)n[nH]2)CC1. The Morgan fingerprint density at radius 3 is 2.47 bits per heavy atom. The third kappa shape index (κ3) is 4.74. The molecule has 0 radical (unpaired) electrons. The van der Waals surface area contributed by atoms with Gasteiger partial charge in [-0.2, -0.15) is 5.10 Å². The van der Waals surface area contributed by atoms with E-state index in [0.29, 0.717) is 31.6 Å². The number of hydrogen-bond acceptors (Lipinski definition) is 3. The number of likely N-dealkylation sites (tertiary alicyclic amines) is 1. The maximum Gasteiger partial charge on any atom is 0.271 e. The molecule has 0 aliphatic carbocycles. The molecule has 30 heavy (non-hydrogen) atoms. The van der Waals surface area contributed by atoms with Crippen molar-refractivity contribution < 1.29 is 14.0 Å². The zero-order valence-electron chi connectivity index (χ0n) is 16.5. The number of amides is 2. The van der Waals surface area contributed by atoms with E-state index < -0.39 is 0 Å². The zero-order chi connectivity index (χ0) is 20.9. The van der Waals surface area contributed by atoms with E-state index >= 15 is 0 Å². The van der Waals surface area contributed by atoms with Crippen LogP contribution in [0.25, 0.3) is 11.3 Å². The van der Waals surface area contributed by atoms with E-state index in [2.05, 4.69) is 15.5 Å². The van der Waals surface area contributed by atoms with Gasteiger partial charge in [-0.3, -0.25) is 14.7 Å². The van der Waals surface area contributed by atoms with Crippen LogP contribution in [0.15, 0.2) is 60.7 Å². The van der Waals surface area contributed by atoms with Crippen LogP contribution in [-0.4, -0.2) is 46.0 Å². The van der Waals surface area contributed by atoms with Gasteiger partial charge in [0.15, 0.2) is 0 Å². The number of hydrogen-bond donors (Lipinski definition) is 2. The first kappa shape index (κ1) is 19.8. The molecule has 2 N–H and O–H groups in total. The Morgan fingerprint density at radius 2 is 1.77 bits per heavy atom. The third-order valence-electron chi connectivity index (χ3n) is 5.30. The highest BCUT2D eigenvalue weighted by molar-refractivity contribution is 5.93. The minimum absolute atomic E-state index is 0.0312. The zero-order valence-corrected chi connectivity index (χ0v) is 16.5. The average molecular weight is 406 g/mol. The number of benzene rings is 2. The Morgan fingerprint density at radius 1 is 1.07 bits per heavy atom. The quantitative estimate of drug-likeness (QED) is 0.683. The molecule has 6 nitrogen and oxygen atoms in total. The molecule has 2 heterocycles. The second kappa shape index (κ2) is 8.90. The first-order chi connectivity index (χ1) is 14.6. The van der Waals surface area contributed by atoms with Crippen molar-refractivity contribution in [1.82, 2.24) is 20.4 Å². The Labute approximate surface area is 174 Å². The molecule has 154 valence electrons. The lowest BCUT2D eigenvalue weighted by Gasteiger charge is -2.32. The molecule has 0 bridgehead atoms. The van der Waals surface area contributed by atoms with Crippen molar-refractivity contribution in [2.24, 2.45) is 0 Å². The Kier molecular flexibility index (Phi) is 5.88. The van der Waals surface area contributed by atoms with E-state index in [1.807, 2.05) is 30.3 Å². The first-order valence-corrected chi connectivity index (χ1v) is 10.0. The Balaban J connectivity index is 1.28. The summed E-state index contributed by atoms with van der Waals surface area (Å²) in [5, 5.41) is 10.1. The summed E-state index contributed by atoms with van der Waals surface area (Å²) in [7, 11) is 0. The minimum atomic E-state index is -0.315. The number of aromatic nitrogens is 2. The fourth-order valence-corrected chi connectivity index (χ4v) is 3.65. The number of halogens is 1. The number of aromatic amines is 1. The van der Waals surface area contributed by atoms with Crippen LogP contribution in [0.3, 0.4) is 0 Å². The summed E-state index contributed by atoms with van der Waals surface area (Å²) in [4.78, 5) is 26.8. The summed E-state index contributed by atoms with van der Waals surface area (Å²) in [5.41, 5.74) is 2.93. The van der Waals surface area contributed by atoms with Crippen LogP contribution in [0.5, 0.6) is 0 Å². The lowest BCUT2D eigenvalue weighted by atomic mass is 10.0. The second-order valence-corrected chi connectivity index (χ2v) is 7.47. The normalized spacial score (nSPS) is 14.5. The van der Waals surface area contributed by atoms with E-state index in [1.54, 1.807) is 23.1 Å². The van der Waals surface area contributed by atoms with E-state index in [9.17, 15) is 14.0 Å². The Hall–Kier alpha value is -3.48. The van der Waals surface area contributed by atoms with Crippen molar-refractivity contribution in [3.8, 4) is 11.3 Å². The van der Waals surface area contributed by atoms with E-state index in [0.717, 1.165) is 16.8 Å². The molecule has 1 aromatic heterocycles. The lowest BCUT2D eigenvalue weighted by molar-refractivity contribution is -0.121. The van der Waals surface area contributed by atoms with Crippen molar-refractivity contribution in [3.05, 3.63) is 77.7 Å². The van der Waals surface area contributed by atoms with Crippen molar-refractivity contribution >= 4 is 11.8 Å². The smallest absolute Gasteiger partial charge is 0.271 e. The third-order valence-corrected chi connectivity index (χ3v) is 5.30. The molecule has 1 aliphatic rings. The monoisotopic (exact) mass is 406 g/mol. The molecular weight excluding hydrogens is 383 g/mol. The van der Waals surface area contributed by atoms with Crippen LogP contribution in [0.4, 0.5) is 4.39 Å². The van der Waals surface area contributed by atoms with Gasteiger partial charge >= 0.3 is 0 Å². The second-order valence-electron chi connectivity index (χ2n) is 7.47. The van der Waals surface area contributed by atoms with Gasteiger partial charge < -0.3 is 10.2 Å². The number of piperidine rings is 1. The Bertz CT molecular complexity index is 1010. The van der Waals surface area contributed by atoms with Crippen LogP contribution in [0.1, 0.15) is 28.9 Å².